The Balaban J connectivity index is 1.67. The van der Waals surface area contributed by atoms with Gasteiger partial charge in [0.05, 0.1) is 15.9 Å². The summed E-state index contributed by atoms with van der Waals surface area (Å²) in [6, 6.07) is 0.341. The van der Waals surface area contributed by atoms with Gasteiger partial charge in [0.25, 0.3) is 0 Å². The van der Waals surface area contributed by atoms with E-state index in [2.05, 4.69) is 22.4 Å². The van der Waals surface area contributed by atoms with Crippen molar-refractivity contribution in [3.63, 3.8) is 0 Å². The van der Waals surface area contributed by atoms with Crippen LogP contribution in [0.1, 0.15) is 31.0 Å². The van der Waals surface area contributed by atoms with Crippen LogP contribution >= 0.6 is 11.3 Å². The molecule has 4 heterocycles. The van der Waals surface area contributed by atoms with Crippen molar-refractivity contribution in [2.24, 2.45) is 7.05 Å². The van der Waals surface area contributed by atoms with E-state index in [1.165, 1.54) is 5.56 Å². The van der Waals surface area contributed by atoms with Gasteiger partial charge < -0.3 is 10.2 Å². The molecule has 8 heteroatoms. The molecule has 0 atom stereocenters. The summed E-state index contributed by atoms with van der Waals surface area (Å²) in [6.45, 7) is 7.33. The molecule has 25 heavy (non-hydrogen) atoms. The molecular weight excluding hydrogens is 336 g/mol. The number of thiophene rings is 1. The summed E-state index contributed by atoms with van der Waals surface area (Å²) in [5, 5.41) is 18.1. The van der Waals surface area contributed by atoms with Crippen LogP contribution in [-0.2, 0) is 11.8 Å². The maximum absolute atomic E-state index is 11.5. The molecule has 0 aromatic carbocycles. The first-order valence-corrected chi connectivity index (χ1v) is 9.38. The summed E-state index contributed by atoms with van der Waals surface area (Å²) in [5.74, 6) is 1.08. The molecule has 1 aliphatic heterocycles. The number of nitrogens with zero attached hydrogens (tertiary/aromatic N) is 5. The molecule has 3 aromatic heterocycles. The summed E-state index contributed by atoms with van der Waals surface area (Å²) in [6.07, 6.45) is 1.89. The van der Waals surface area contributed by atoms with Gasteiger partial charge in [-0.2, -0.15) is 10.2 Å². The number of hydrogen-bond donors (Lipinski definition) is 1. The van der Waals surface area contributed by atoms with Gasteiger partial charge in [-0.1, -0.05) is 0 Å². The number of fused-ring (bicyclic) bond motifs is 3. The summed E-state index contributed by atoms with van der Waals surface area (Å²) in [7, 11) is 1.98. The highest BCUT2D eigenvalue weighted by atomic mass is 32.1. The van der Waals surface area contributed by atoms with Crippen LogP contribution in [0.2, 0.25) is 0 Å². The van der Waals surface area contributed by atoms with E-state index >= 15 is 0 Å². The third kappa shape index (κ3) is 2.64. The van der Waals surface area contributed by atoms with E-state index in [4.69, 9.17) is 5.10 Å². The summed E-state index contributed by atoms with van der Waals surface area (Å²) >= 11 is 1.64. The molecule has 7 nitrogen and oxygen atoms in total. The number of carbonyl (C=O) groups excluding carboxylic acids is 1. The lowest BCUT2D eigenvalue weighted by atomic mass is 10.1. The van der Waals surface area contributed by atoms with Crippen LogP contribution in [0.4, 0.5) is 5.82 Å². The number of anilines is 1. The molecule has 0 radical (unpaired) electrons. The summed E-state index contributed by atoms with van der Waals surface area (Å²) < 4.78 is 3.07. The zero-order valence-electron chi connectivity index (χ0n) is 15.0. The molecule has 1 saturated heterocycles. The third-order valence-electron chi connectivity index (χ3n) is 5.14. The molecule has 0 unspecified atom stereocenters. The number of carbonyl (C=O) groups is 1. The van der Waals surface area contributed by atoms with Crippen molar-refractivity contribution in [1.82, 2.24) is 24.9 Å². The minimum absolute atomic E-state index is 0.160. The molecule has 0 aliphatic carbocycles. The first-order valence-electron chi connectivity index (χ1n) is 8.57. The fraction of sp³-hybridized carbons (Fsp3) is 0.529. The molecule has 0 saturated carbocycles. The molecular formula is C17H22N6OS. The van der Waals surface area contributed by atoms with E-state index in [0.717, 1.165) is 57.9 Å². The number of hydrogen-bond acceptors (Lipinski definition) is 6. The Bertz CT molecular complexity index is 967. The number of aromatic nitrogens is 4. The van der Waals surface area contributed by atoms with E-state index in [9.17, 15) is 4.79 Å². The zero-order valence-corrected chi connectivity index (χ0v) is 15.8. The van der Waals surface area contributed by atoms with Gasteiger partial charge in [-0.25, -0.2) is 0 Å². The van der Waals surface area contributed by atoms with Gasteiger partial charge in [-0.3, -0.25) is 9.48 Å². The van der Waals surface area contributed by atoms with Crippen LogP contribution in [0.25, 0.3) is 20.4 Å². The molecule has 3 aromatic rings. The molecule has 0 bridgehead atoms. The highest BCUT2D eigenvalue weighted by Gasteiger charge is 2.24. The van der Waals surface area contributed by atoms with Gasteiger partial charge in [0, 0.05) is 38.5 Å². The minimum Gasteiger partial charge on any atom is -0.365 e. The van der Waals surface area contributed by atoms with Crippen molar-refractivity contribution in [1.29, 1.82) is 0 Å². The first-order chi connectivity index (χ1) is 12.0. The SMILES string of the molecule is CC(=O)N1CCC(Nc2nn(C)c3c2sc2nnc(C)c(C)c23)CC1. The van der Waals surface area contributed by atoms with Crippen LogP contribution in [0.15, 0.2) is 0 Å². The molecule has 1 fully saturated rings. The third-order valence-corrected chi connectivity index (χ3v) is 6.21. The average Bonchev–Trinajstić information content (AvgIpc) is 3.10. The van der Waals surface area contributed by atoms with Crippen LogP contribution < -0.4 is 5.32 Å². The van der Waals surface area contributed by atoms with Crippen molar-refractivity contribution in [3.05, 3.63) is 11.3 Å². The molecule has 1 N–H and O–H groups in total. The number of rotatable bonds is 2. The maximum Gasteiger partial charge on any atom is 0.219 e. The number of likely N-dealkylation sites (tertiary alicyclic amines) is 1. The largest absolute Gasteiger partial charge is 0.365 e. The quantitative estimate of drug-likeness (QED) is 0.762. The average molecular weight is 358 g/mol. The fourth-order valence-electron chi connectivity index (χ4n) is 3.54. The predicted molar refractivity (Wildman–Crippen MR) is 100 cm³/mol. The van der Waals surface area contributed by atoms with Crippen molar-refractivity contribution in [2.45, 2.75) is 39.7 Å². The van der Waals surface area contributed by atoms with Gasteiger partial charge in [-0.05, 0) is 32.3 Å². The van der Waals surface area contributed by atoms with Crippen LogP contribution in [0.5, 0.6) is 0 Å². The minimum atomic E-state index is 0.160. The lowest BCUT2D eigenvalue weighted by Gasteiger charge is -2.31. The number of piperidine rings is 1. The Labute approximate surface area is 150 Å². The Hall–Kier alpha value is -2.22. The van der Waals surface area contributed by atoms with Crippen LogP contribution in [0.3, 0.4) is 0 Å². The summed E-state index contributed by atoms with van der Waals surface area (Å²) in [5.41, 5.74) is 3.25. The summed E-state index contributed by atoms with van der Waals surface area (Å²) in [4.78, 5) is 14.3. The van der Waals surface area contributed by atoms with E-state index in [-0.39, 0.29) is 5.91 Å². The Morgan fingerprint density at radius 3 is 2.64 bits per heavy atom. The van der Waals surface area contributed by atoms with Crippen molar-refractivity contribution < 1.29 is 4.79 Å². The normalized spacial score (nSPS) is 16.1. The van der Waals surface area contributed by atoms with Crippen molar-refractivity contribution >= 4 is 43.5 Å². The van der Waals surface area contributed by atoms with Gasteiger partial charge >= 0.3 is 0 Å². The lowest BCUT2D eigenvalue weighted by Crippen LogP contribution is -2.41. The van der Waals surface area contributed by atoms with Crippen molar-refractivity contribution in [3.8, 4) is 0 Å². The van der Waals surface area contributed by atoms with Crippen LogP contribution in [-0.4, -0.2) is 49.9 Å². The van der Waals surface area contributed by atoms with E-state index in [1.807, 2.05) is 23.6 Å². The second-order valence-corrected chi connectivity index (χ2v) is 7.77. The predicted octanol–water partition coefficient (Wildman–Crippen LogP) is 2.62. The van der Waals surface area contributed by atoms with Gasteiger partial charge in [0.2, 0.25) is 5.91 Å². The molecule has 1 aliphatic rings. The van der Waals surface area contributed by atoms with E-state index in [1.54, 1.807) is 18.3 Å². The Morgan fingerprint density at radius 1 is 1.24 bits per heavy atom. The molecule has 0 spiro atoms. The van der Waals surface area contributed by atoms with Gasteiger partial charge in [-0.15, -0.1) is 16.4 Å². The number of nitrogens with one attached hydrogen (secondary N) is 1. The van der Waals surface area contributed by atoms with Crippen LogP contribution in [0, 0.1) is 13.8 Å². The Morgan fingerprint density at radius 2 is 1.96 bits per heavy atom. The second-order valence-electron chi connectivity index (χ2n) is 6.77. The van der Waals surface area contributed by atoms with Gasteiger partial charge in [0.1, 0.15) is 4.83 Å². The smallest absolute Gasteiger partial charge is 0.219 e. The second kappa shape index (κ2) is 5.94. The standard InChI is InChI=1S/C17H22N6OS/c1-9-10(2)19-20-17-13(9)14-15(25-17)16(21-22(14)4)18-12-5-7-23(8-6-12)11(3)24/h12H,5-8H2,1-4H3,(H,18,21). The topological polar surface area (TPSA) is 75.9 Å². The zero-order chi connectivity index (χ0) is 17.7. The molecule has 4 rings (SSSR count). The monoisotopic (exact) mass is 358 g/mol. The van der Waals surface area contributed by atoms with E-state index in [0.29, 0.717) is 6.04 Å². The van der Waals surface area contributed by atoms with E-state index < -0.39 is 0 Å². The molecule has 132 valence electrons. The highest BCUT2D eigenvalue weighted by molar-refractivity contribution is 7.26. The van der Waals surface area contributed by atoms with Crippen molar-refractivity contribution in [2.75, 3.05) is 18.4 Å². The van der Waals surface area contributed by atoms with Gasteiger partial charge in [0.15, 0.2) is 5.82 Å². The number of aryl methyl sites for hydroxylation is 3. The first kappa shape index (κ1) is 16.3. The lowest BCUT2D eigenvalue weighted by molar-refractivity contribution is -0.129. The number of amides is 1. The fourth-order valence-corrected chi connectivity index (χ4v) is 4.69. The molecule has 1 amide bonds. The maximum atomic E-state index is 11.5. The highest BCUT2D eigenvalue weighted by Crippen LogP contribution is 2.39. The Kier molecular flexibility index (Phi) is 3.87.